The third kappa shape index (κ3) is 3.27. The molecule has 3 nitrogen and oxygen atoms in total. The van der Waals surface area contributed by atoms with E-state index in [9.17, 15) is 4.39 Å². The van der Waals surface area contributed by atoms with Crippen molar-refractivity contribution in [1.82, 2.24) is 0 Å². The summed E-state index contributed by atoms with van der Waals surface area (Å²) in [6.45, 7) is 2.42. The molecule has 2 rings (SSSR count). The van der Waals surface area contributed by atoms with Crippen LogP contribution >= 0.6 is 0 Å². The van der Waals surface area contributed by atoms with Gasteiger partial charge in [-0.25, -0.2) is 4.39 Å². The lowest BCUT2D eigenvalue weighted by atomic mass is 10.1. The summed E-state index contributed by atoms with van der Waals surface area (Å²) in [6.07, 6.45) is 0. The van der Waals surface area contributed by atoms with Crippen LogP contribution in [-0.4, -0.2) is 13.7 Å². The average molecular weight is 274 g/mol. The Bertz CT molecular complexity index is 569. The minimum absolute atomic E-state index is 0.0914. The molecule has 4 heteroatoms. The van der Waals surface area contributed by atoms with E-state index in [1.165, 1.54) is 12.1 Å². The Hall–Kier alpha value is -2.07. The van der Waals surface area contributed by atoms with Crippen LogP contribution in [0.3, 0.4) is 0 Å². The van der Waals surface area contributed by atoms with Gasteiger partial charge < -0.3 is 15.8 Å². The van der Waals surface area contributed by atoms with E-state index in [0.29, 0.717) is 6.54 Å². The standard InChI is InChI=1S/C16H19FN2O/c1-11-3-8-16(20-2)14(9-11)19-15(10-18)12-4-6-13(17)7-5-12/h3-9,15,19H,10,18H2,1-2H3. The van der Waals surface area contributed by atoms with E-state index < -0.39 is 0 Å². The van der Waals surface area contributed by atoms with Crippen LogP contribution < -0.4 is 15.8 Å². The maximum absolute atomic E-state index is 13.0. The summed E-state index contributed by atoms with van der Waals surface area (Å²) in [7, 11) is 1.63. The SMILES string of the molecule is COc1ccc(C)cc1NC(CN)c1ccc(F)cc1. The predicted octanol–water partition coefficient (Wildman–Crippen LogP) is 3.25. The molecular weight excluding hydrogens is 255 g/mol. The van der Waals surface area contributed by atoms with Crippen LogP contribution in [0.2, 0.25) is 0 Å². The van der Waals surface area contributed by atoms with E-state index in [1.807, 2.05) is 25.1 Å². The Balaban J connectivity index is 2.26. The van der Waals surface area contributed by atoms with E-state index in [-0.39, 0.29) is 11.9 Å². The van der Waals surface area contributed by atoms with Gasteiger partial charge in [0.25, 0.3) is 0 Å². The largest absolute Gasteiger partial charge is 0.495 e. The van der Waals surface area contributed by atoms with Gasteiger partial charge >= 0.3 is 0 Å². The molecule has 1 atom stereocenters. The minimum Gasteiger partial charge on any atom is -0.495 e. The van der Waals surface area contributed by atoms with Crippen molar-refractivity contribution in [3.63, 3.8) is 0 Å². The summed E-state index contributed by atoms with van der Waals surface area (Å²) in [4.78, 5) is 0. The quantitative estimate of drug-likeness (QED) is 0.879. The Kier molecular flexibility index (Phi) is 4.58. The van der Waals surface area contributed by atoms with Crippen LogP contribution in [0.1, 0.15) is 17.2 Å². The van der Waals surface area contributed by atoms with Crippen LogP contribution in [0, 0.1) is 12.7 Å². The highest BCUT2D eigenvalue weighted by molar-refractivity contribution is 5.59. The minimum atomic E-state index is -0.252. The van der Waals surface area contributed by atoms with Gasteiger partial charge in [0, 0.05) is 6.54 Å². The van der Waals surface area contributed by atoms with Crippen LogP contribution in [0.5, 0.6) is 5.75 Å². The summed E-state index contributed by atoms with van der Waals surface area (Å²) >= 11 is 0. The van der Waals surface area contributed by atoms with Gasteiger partial charge in [-0.2, -0.15) is 0 Å². The average Bonchev–Trinajstić information content (AvgIpc) is 2.46. The second kappa shape index (κ2) is 6.39. The fraction of sp³-hybridized carbons (Fsp3) is 0.250. The Morgan fingerprint density at radius 2 is 1.90 bits per heavy atom. The Morgan fingerprint density at radius 1 is 1.20 bits per heavy atom. The van der Waals surface area contributed by atoms with Crippen molar-refractivity contribution in [3.8, 4) is 5.75 Å². The van der Waals surface area contributed by atoms with Gasteiger partial charge in [-0.1, -0.05) is 18.2 Å². The molecule has 0 heterocycles. The van der Waals surface area contributed by atoms with Gasteiger partial charge in [0.05, 0.1) is 18.8 Å². The summed E-state index contributed by atoms with van der Waals surface area (Å²) in [5.41, 5.74) is 8.77. The molecule has 0 aliphatic carbocycles. The van der Waals surface area contributed by atoms with Crippen molar-refractivity contribution < 1.29 is 9.13 Å². The molecule has 0 saturated heterocycles. The molecule has 0 aliphatic rings. The van der Waals surface area contributed by atoms with Crippen molar-refractivity contribution in [2.45, 2.75) is 13.0 Å². The topological polar surface area (TPSA) is 47.3 Å². The molecule has 0 saturated carbocycles. The van der Waals surface area contributed by atoms with E-state index in [1.54, 1.807) is 19.2 Å². The van der Waals surface area contributed by atoms with E-state index in [0.717, 1.165) is 22.6 Å². The van der Waals surface area contributed by atoms with Crippen molar-refractivity contribution in [2.24, 2.45) is 5.73 Å². The molecule has 0 radical (unpaired) electrons. The predicted molar refractivity (Wildman–Crippen MR) is 79.5 cm³/mol. The highest BCUT2D eigenvalue weighted by Crippen LogP contribution is 2.29. The lowest BCUT2D eigenvalue weighted by Crippen LogP contribution is -2.21. The molecule has 0 aliphatic heterocycles. The summed E-state index contributed by atoms with van der Waals surface area (Å²) < 4.78 is 18.3. The number of nitrogens with one attached hydrogen (secondary N) is 1. The van der Waals surface area contributed by atoms with Crippen LogP contribution in [0.25, 0.3) is 0 Å². The molecule has 0 bridgehead atoms. The summed E-state index contributed by atoms with van der Waals surface area (Å²) in [5, 5.41) is 3.35. The second-order valence-electron chi connectivity index (χ2n) is 4.69. The maximum Gasteiger partial charge on any atom is 0.141 e. The number of hydrogen-bond donors (Lipinski definition) is 2. The van der Waals surface area contributed by atoms with Crippen LogP contribution in [-0.2, 0) is 0 Å². The third-order valence-electron chi connectivity index (χ3n) is 3.19. The molecule has 3 N–H and O–H groups in total. The fourth-order valence-corrected chi connectivity index (χ4v) is 2.10. The first-order valence-corrected chi connectivity index (χ1v) is 6.50. The number of rotatable bonds is 5. The zero-order valence-electron chi connectivity index (χ0n) is 11.7. The van der Waals surface area contributed by atoms with E-state index >= 15 is 0 Å². The summed E-state index contributed by atoms with van der Waals surface area (Å²) in [6, 6.07) is 12.2. The zero-order chi connectivity index (χ0) is 14.5. The third-order valence-corrected chi connectivity index (χ3v) is 3.19. The van der Waals surface area contributed by atoms with Crippen molar-refractivity contribution in [2.75, 3.05) is 19.0 Å². The van der Waals surface area contributed by atoms with Crippen molar-refractivity contribution >= 4 is 5.69 Å². The monoisotopic (exact) mass is 274 g/mol. The van der Waals surface area contributed by atoms with E-state index in [4.69, 9.17) is 10.5 Å². The highest BCUT2D eigenvalue weighted by Gasteiger charge is 2.12. The summed E-state index contributed by atoms with van der Waals surface area (Å²) in [5.74, 6) is 0.508. The molecule has 2 aromatic carbocycles. The number of halogens is 1. The number of anilines is 1. The van der Waals surface area contributed by atoms with Crippen molar-refractivity contribution in [3.05, 3.63) is 59.4 Å². The number of nitrogens with two attached hydrogens (primary N) is 1. The first-order valence-electron chi connectivity index (χ1n) is 6.50. The molecular formula is C16H19FN2O. The number of hydrogen-bond acceptors (Lipinski definition) is 3. The van der Waals surface area contributed by atoms with Crippen LogP contribution in [0.4, 0.5) is 10.1 Å². The Labute approximate surface area is 118 Å². The number of methoxy groups -OCH3 is 1. The van der Waals surface area contributed by atoms with Gasteiger partial charge in [0.1, 0.15) is 11.6 Å². The molecule has 0 fully saturated rings. The first-order chi connectivity index (χ1) is 9.63. The number of ether oxygens (including phenoxy) is 1. The van der Waals surface area contributed by atoms with Crippen molar-refractivity contribution in [1.29, 1.82) is 0 Å². The molecule has 0 aromatic heterocycles. The van der Waals surface area contributed by atoms with E-state index in [2.05, 4.69) is 5.32 Å². The Morgan fingerprint density at radius 3 is 2.50 bits per heavy atom. The highest BCUT2D eigenvalue weighted by atomic mass is 19.1. The maximum atomic E-state index is 13.0. The lowest BCUT2D eigenvalue weighted by Gasteiger charge is -2.20. The first kappa shape index (κ1) is 14.3. The molecule has 2 aromatic rings. The van der Waals surface area contributed by atoms with Gasteiger partial charge in [0.15, 0.2) is 0 Å². The number of aryl methyl sites for hydroxylation is 1. The molecule has 106 valence electrons. The van der Waals surface area contributed by atoms with Gasteiger partial charge in [-0.3, -0.25) is 0 Å². The normalized spacial score (nSPS) is 12.0. The number of benzene rings is 2. The molecule has 0 amide bonds. The molecule has 20 heavy (non-hydrogen) atoms. The molecule has 1 unspecified atom stereocenters. The van der Waals surface area contributed by atoms with Crippen LogP contribution in [0.15, 0.2) is 42.5 Å². The second-order valence-corrected chi connectivity index (χ2v) is 4.69. The van der Waals surface area contributed by atoms with Gasteiger partial charge in [0.2, 0.25) is 0 Å². The fourth-order valence-electron chi connectivity index (χ4n) is 2.10. The molecule has 0 spiro atoms. The van der Waals surface area contributed by atoms with Gasteiger partial charge in [-0.05, 0) is 42.3 Å². The smallest absolute Gasteiger partial charge is 0.141 e. The lowest BCUT2D eigenvalue weighted by molar-refractivity contribution is 0.416. The zero-order valence-corrected chi connectivity index (χ0v) is 11.7. The van der Waals surface area contributed by atoms with Gasteiger partial charge in [-0.15, -0.1) is 0 Å².